The summed E-state index contributed by atoms with van der Waals surface area (Å²) >= 11 is 0. The maximum absolute atomic E-state index is 12.7. The first-order valence-corrected chi connectivity index (χ1v) is 9.65. The zero-order valence-electron chi connectivity index (χ0n) is 16.7. The molecule has 1 aromatic carbocycles. The number of nitrogens with zero attached hydrogens (tertiary/aromatic N) is 3. The van der Waals surface area contributed by atoms with Crippen LogP contribution < -0.4 is 10.6 Å². The van der Waals surface area contributed by atoms with Gasteiger partial charge in [-0.2, -0.15) is 0 Å². The molecule has 28 heavy (non-hydrogen) atoms. The summed E-state index contributed by atoms with van der Waals surface area (Å²) in [5, 5.41) is 0. The highest BCUT2D eigenvalue weighted by atomic mass is 35.5. The molecular weight excluding hydrogens is 419 g/mol. The lowest BCUT2D eigenvalue weighted by Gasteiger charge is -2.38. The fraction of sp³-hybridized carbons (Fsp3) is 0.650. The lowest BCUT2D eigenvalue weighted by atomic mass is 9.81. The third kappa shape index (κ3) is 6.96. The Morgan fingerprint density at radius 2 is 1.57 bits per heavy atom. The summed E-state index contributed by atoms with van der Waals surface area (Å²) < 4.78 is 0. The van der Waals surface area contributed by atoms with E-state index in [9.17, 15) is 4.79 Å². The SMILES string of the molecule is CN(CCN1CCN(c2ccccc2)CC1)C(=O)C1(N)CCCCC1.Cl.Cl.Cl. The third-order valence-electron chi connectivity index (χ3n) is 5.76. The Balaban J connectivity index is 0.00000243. The first kappa shape index (κ1) is 27.3. The number of para-hydroxylation sites is 1. The number of benzene rings is 1. The number of hydrogen-bond acceptors (Lipinski definition) is 4. The summed E-state index contributed by atoms with van der Waals surface area (Å²) in [6.45, 7) is 5.88. The van der Waals surface area contributed by atoms with E-state index < -0.39 is 5.54 Å². The van der Waals surface area contributed by atoms with Crippen molar-refractivity contribution in [1.82, 2.24) is 9.80 Å². The van der Waals surface area contributed by atoms with Crippen LogP contribution >= 0.6 is 37.2 Å². The van der Waals surface area contributed by atoms with Gasteiger partial charge in [0.1, 0.15) is 0 Å². The lowest BCUT2D eigenvalue weighted by molar-refractivity contribution is -0.137. The molecule has 0 atom stereocenters. The van der Waals surface area contributed by atoms with E-state index in [-0.39, 0.29) is 43.1 Å². The number of amides is 1. The zero-order chi connectivity index (χ0) is 17.7. The van der Waals surface area contributed by atoms with Crippen LogP contribution in [0.5, 0.6) is 0 Å². The van der Waals surface area contributed by atoms with Gasteiger partial charge in [0.25, 0.3) is 0 Å². The van der Waals surface area contributed by atoms with Crippen LogP contribution in [0.25, 0.3) is 0 Å². The van der Waals surface area contributed by atoms with Gasteiger partial charge in [-0.25, -0.2) is 0 Å². The maximum atomic E-state index is 12.7. The molecule has 0 aromatic heterocycles. The molecule has 2 N–H and O–H groups in total. The van der Waals surface area contributed by atoms with Crippen LogP contribution in [0.4, 0.5) is 5.69 Å². The minimum absolute atomic E-state index is 0. The van der Waals surface area contributed by atoms with Crippen molar-refractivity contribution in [2.45, 2.75) is 37.6 Å². The number of carbonyl (C=O) groups is 1. The summed E-state index contributed by atoms with van der Waals surface area (Å²) in [5.74, 6) is 0.134. The number of piperazine rings is 1. The van der Waals surface area contributed by atoms with Crippen molar-refractivity contribution in [3.63, 3.8) is 0 Å². The van der Waals surface area contributed by atoms with Crippen LogP contribution in [0, 0.1) is 0 Å². The van der Waals surface area contributed by atoms with Crippen molar-refractivity contribution in [2.24, 2.45) is 5.73 Å². The second kappa shape index (κ2) is 12.8. The number of carbonyl (C=O) groups excluding carboxylic acids is 1. The minimum atomic E-state index is -0.612. The van der Waals surface area contributed by atoms with Gasteiger partial charge >= 0.3 is 0 Å². The van der Waals surface area contributed by atoms with Gasteiger partial charge in [-0.05, 0) is 25.0 Å². The van der Waals surface area contributed by atoms with Crippen LogP contribution in [0.3, 0.4) is 0 Å². The number of halogens is 3. The van der Waals surface area contributed by atoms with Gasteiger partial charge in [-0.1, -0.05) is 37.5 Å². The van der Waals surface area contributed by atoms with Crippen LogP contribution in [0.1, 0.15) is 32.1 Å². The molecule has 1 aliphatic carbocycles. The molecule has 0 unspecified atom stereocenters. The standard InChI is InChI=1S/C20H32N4O.3ClH/c1-22(19(25)20(21)10-6-3-7-11-20)12-13-23-14-16-24(17-15-23)18-8-4-2-5-9-18;;;/h2,4-5,8-9H,3,6-7,10-17,21H2,1H3;3*1H. The Bertz CT molecular complexity index is 562. The van der Waals surface area contributed by atoms with Crippen molar-refractivity contribution in [3.8, 4) is 0 Å². The van der Waals surface area contributed by atoms with Gasteiger partial charge in [0.15, 0.2) is 0 Å². The van der Waals surface area contributed by atoms with Gasteiger partial charge in [-0.3, -0.25) is 9.69 Å². The second-order valence-corrected chi connectivity index (χ2v) is 7.61. The Morgan fingerprint density at radius 1 is 1.00 bits per heavy atom. The van der Waals surface area contributed by atoms with Crippen molar-refractivity contribution in [3.05, 3.63) is 30.3 Å². The molecule has 0 bridgehead atoms. The molecule has 3 rings (SSSR count). The lowest BCUT2D eigenvalue weighted by Crippen LogP contribution is -2.56. The van der Waals surface area contributed by atoms with Gasteiger partial charge in [0.2, 0.25) is 5.91 Å². The monoisotopic (exact) mass is 452 g/mol. The molecule has 162 valence electrons. The highest BCUT2D eigenvalue weighted by molar-refractivity contribution is 5.86. The van der Waals surface area contributed by atoms with Crippen molar-refractivity contribution in [1.29, 1.82) is 0 Å². The zero-order valence-corrected chi connectivity index (χ0v) is 19.2. The average Bonchev–Trinajstić information content (AvgIpc) is 2.67. The second-order valence-electron chi connectivity index (χ2n) is 7.61. The molecule has 1 aromatic rings. The molecule has 2 fully saturated rings. The summed E-state index contributed by atoms with van der Waals surface area (Å²) in [6.07, 6.45) is 5.05. The molecule has 8 heteroatoms. The van der Waals surface area contributed by atoms with Crippen LogP contribution in [-0.2, 0) is 4.79 Å². The molecule has 1 saturated heterocycles. The highest BCUT2D eigenvalue weighted by Gasteiger charge is 2.37. The predicted molar refractivity (Wildman–Crippen MR) is 124 cm³/mol. The van der Waals surface area contributed by atoms with Crippen molar-refractivity contribution in [2.75, 3.05) is 51.2 Å². The molecule has 1 aliphatic heterocycles. The Labute approximate surface area is 188 Å². The Kier molecular flexibility index (Phi) is 12.4. The fourth-order valence-corrected chi connectivity index (χ4v) is 4.04. The Morgan fingerprint density at radius 3 is 2.14 bits per heavy atom. The molecule has 1 saturated carbocycles. The number of likely N-dealkylation sites (N-methyl/N-ethyl adjacent to an activating group) is 1. The van der Waals surface area contributed by atoms with Crippen LogP contribution in [0.15, 0.2) is 30.3 Å². The van der Waals surface area contributed by atoms with Gasteiger partial charge in [0.05, 0.1) is 5.54 Å². The molecule has 2 aliphatic rings. The topological polar surface area (TPSA) is 52.8 Å². The first-order chi connectivity index (χ1) is 12.1. The summed E-state index contributed by atoms with van der Waals surface area (Å²) in [4.78, 5) is 19.4. The van der Waals surface area contributed by atoms with Gasteiger partial charge in [0, 0.05) is 52.0 Å². The van der Waals surface area contributed by atoms with E-state index >= 15 is 0 Å². The van der Waals surface area contributed by atoms with Gasteiger partial charge < -0.3 is 15.5 Å². The maximum Gasteiger partial charge on any atom is 0.242 e. The summed E-state index contributed by atoms with van der Waals surface area (Å²) in [5.41, 5.74) is 7.07. The largest absolute Gasteiger partial charge is 0.369 e. The van der Waals surface area contributed by atoms with Crippen molar-refractivity contribution >= 4 is 48.8 Å². The predicted octanol–water partition coefficient (Wildman–Crippen LogP) is 3.19. The fourth-order valence-electron chi connectivity index (χ4n) is 4.04. The van der Waals surface area contributed by atoms with E-state index in [1.165, 1.54) is 12.1 Å². The van der Waals surface area contributed by atoms with E-state index in [0.717, 1.165) is 65.0 Å². The Hall–Kier alpha value is -0.720. The molecule has 5 nitrogen and oxygen atoms in total. The molecule has 0 spiro atoms. The smallest absolute Gasteiger partial charge is 0.242 e. The first-order valence-electron chi connectivity index (χ1n) is 9.65. The average molecular weight is 454 g/mol. The number of rotatable bonds is 5. The number of nitrogens with two attached hydrogens (primary N) is 1. The molecular formula is C20H35Cl3N4O. The summed E-state index contributed by atoms with van der Waals surface area (Å²) in [6, 6.07) is 10.6. The van der Waals surface area contributed by atoms with Crippen LogP contribution in [-0.4, -0.2) is 67.6 Å². The van der Waals surface area contributed by atoms with Crippen molar-refractivity contribution < 1.29 is 4.79 Å². The van der Waals surface area contributed by atoms with E-state index in [1.54, 1.807) is 0 Å². The molecule has 1 heterocycles. The molecule has 0 radical (unpaired) electrons. The normalized spacial score (nSPS) is 18.9. The van der Waals surface area contributed by atoms with Gasteiger partial charge in [-0.15, -0.1) is 37.2 Å². The van der Waals surface area contributed by atoms with E-state index in [4.69, 9.17) is 5.73 Å². The molecule has 1 amide bonds. The van der Waals surface area contributed by atoms with E-state index in [2.05, 4.69) is 40.1 Å². The van der Waals surface area contributed by atoms with E-state index in [0.29, 0.717) is 0 Å². The number of hydrogen-bond donors (Lipinski definition) is 1. The minimum Gasteiger partial charge on any atom is -0.369 e. The summed E-state index contributed by atoms with van der Waals surface area (Å²) in [7, 11) is 1.91. The third-order valence-corrected chi connectivity index (χ3v) is 5.76. The highest BCUT2D eigenvalue weighted by Crippen LogP contribution is 2.27. The van der Waals surface area contributed by atoms with Crippen LogP contribution in [0.2, 0.25) is 0 Å². The van der Waals surface area contributed by atoms with E-state index in [1.807, 2.05) is 11.9 Å². The quantitative estimate of drug-likeness (QED) is 0.744. The number of anilines is 1.